The van der Waals surface area contributed by atoms with E-state index in [2.05, 4.69) is 0 Å². The Hall–Kier alpha value is -2.65. The topological polar surface area (TPSA) is 116 Å². The van der Waals surface area contributed by atoms with Gasteiger partial charge in [-0.05, 0) is 41.5 Å². The molecule has 1 N–H and O–H groups in total. The Morgan fingerprint density at radius 2 is 1.66 bits per heavy atom. The first-order chi connectivity index (χ1) is 13.7. The first kappa shape index (κ1) is 22.6. The second-order valence-electron chi connectivity index (χ2n) is 6.56. The molecule has 0 saturated carbocycles. The molecular formula is C20H24O8S. The molecule has 1 unspecified atom stereocenters. The Bertz CT molecular complexity index is 999. The number of carbonyl (C=O) groups excluding carboxylic acids is 2. The molecule has 9 heteroatoms. The highest BCUT2D eigenvalue weighted by molar-refractivity contribution is 7.91. The number of esters is 2. The van der Waals surface area contributed by atoms with Gasteiger partial charge in [0.1, 0.15) is 12.4 Å². The Kier molecular flexibility index (Phi) is 7.21. The fraction of sp³-hybridized carbons (Fsp3) is 0.400. The lowest BCUT2D eigenvalue weighted by molar-refractivity contribution is -0.162. The van der Waals surface area contributed by atoms with Crippen LogP contribution in [0, 0.1) is 0 Å². The number of fused-ring (bicyclic) bond motifs is 1. The molecule has 0 aliphatic carbocycles. The molecule has 0 aromatic heterocycles. The van der Waals surface area contributed by atoms with Crippen LogP contribution in [-0.4, -0.2) is 64.4 Å². The quantitative estimate of drug-likeness (QED) is 0.472. The number of rotatable bonds is 9. The van der Waals surface area contributed by atoms with Crippen LogP contribution < -0.4 is 4.74 Å². The molecule has 0 bridgehead atoms. The Morgan fingerprint density at radius 1 is 1.00 bits per heavy atom. The zero-order valence-corrected chi connectivity index (χ0v) is 17.3. The predicted octanol–water partition coefficient (Wildman–Crippen LogP) is 1.23. The summed E-state index contributed by atoms with van der Waals surface area (Å²) in [6, 6.07) is 10.4. The van der Waals surface area contributed by atoms with Gasteiger partial charge in [-0.15, -0.1) is 0 Å². The van der Waals surface area contributed by atoms with Crippen molar-refractivity contribution in [2.24, 2.45) is 0 Å². The van der Waals surface area contributed by atoms with Gasteiger partial charge in [0.2, 0.25) is 0 Å². The molecule has 0 spiro atoms. The maximum absolute atomic E-state index is 12.8. The van der Waals surface area contributed by atoms with E-state index < -0.39 is 51.9 Å². The summed E-state index contributed by atoms with van der Waals surface area (Å²) in [7, 11) is -0.840. The smallest absolute Gasteiger partial charge is 0.327 e. The van der Waals surface area contributed by atoms with Gasteiger partial charge in [-0.25, -0.2) is 8.42 Å². The van der Waals surface area contributed by atoms with Crippen LogP contribution in [0.1, 0.15) is 12.5 Å². The molecule has 0 aliphatic heterocycles. The van der Waals surface area contributed by atoms with Crippen LogP contribution in [0.3, 0.4) is 0 Å². The first-order valence-electron chi connectivity index (χ1n) is 8.83. The number of carbonyl (C=O) groups is 2. The van der Waals surface area contributed by atoms with Crippen LogP contribution in [0.5, 0.6) is 5.75 Å². The molecule has 2 rings (SSSR count). The van der Waals surface area contributed by atoms with Crippen molar-refractivity contribution < 1.29 is 37.3 Å². The number of aliphatic hydroxyl groups excluding tert-OH is 1. The lowest BCUT2D eigenvalue weighted by Gasteiger charge is -2.25. The average molecular weight is 424 g/mol. The molecule has 0 fully saturated rings. The first-order valence-corrected chi connectivity index (χ1v) is 10.7. The summed E-state index contributed by atoms with van der Waals surface area (Å²) >= 11 is 0. The monoisotopic (exact) mass is 424 g/mol. The number of hydrogen-bond acceptors (Lipinski definition) is 8. The minimum atomic E-state index is -3.55. The summed E-state index contributed by atoms with van der Waals surface area (Å²) in [5.74, 6) is -1.95. The lowest BCUT2D eigenvalue weighted by atomic mass is 9.81. The minimum absolute atomic E-state index is 0.352. The standard InChI is InChI=1S/C20H24O8S/c1-20(18(22)27-3,19(23)28-9-11-29(24,25)10-8-21)16-6-4-15-13-17(26-2)7-5-14(15)12-16/h4-7,12-13,21H,8-11H2,1-3H3. The van der Waals surface area contributed by atoms with Gasteiger partial charge in [0.15, 0.2) is 15.3 Å². The number of methoxy groups -OCH3 is 2. The van der Waals surface area contributed by atoms with E-state index in [9.17, 15) is 18.0 Å². The number of benzene rings is 2. The van der Waals surface area contributed by atoms with Crippen LogP contribution in [0.25, 0.3) is 10.8 Å². The average Bonchev–Trinajstić information content (AvgIpc) is 2.71. The molecule has 8 nitrogen and oxygen atoms in total. The van der Waals surface area contributed by atoms with Crippen molar-refractivity contribution in [1.82, 2.24) is 0 Å². The number of hydrogen-bond donors (Lipinski definition) is 1. The van der Waals surface area contributed by atoms with E-state index in [1.54, 1.807) is 37.4 Å². The highest BCUT2D eigenvalue weighted by atomic mass is 32.2. The molecule has 2 aromatic rings. The molecule has 0 aliphatic rings. The van der Waals surface area contributed by atoms with Gasteiger partial charge >= 0.3 is 11.9 Å². The Morgan fingerprint density at radius 3 is 2.28 bits per heavy atom. The van der Waals surface area contributed by atoms with E-state index in [1.165, 1.54) is 6.92 Å². The maximum atomic E-state index is 12.8. The van der Waals surface area contributed by atoms with E-state index in [0.717, 1.165) is 17.9 Å². The third kappa shape index (κ3) is 5.04. The molecule has 0 saturated heterocycles. The molecule has 0 heterocycles. The second-order valence-corrected chi connectivity index (χ2v) is 8.86. The van der Waals surface area contributed by atoms with Crippen molar-refractivity contribution in [2.45, 2.75) is 12.3 Å². The van der Waals surface area contributed by atoms with Crippen molar-refractivity contribution in [2.75, 3.05) is 38.9 Å². The highest BCUT2D eigenvalue weighted by Gasteiger charge is 2.46. The molecule has 29 heavy (non-hydrogen) atoms. The van der Waals surface area contributed by atoms with Crippen LogP contribution in [-0.2, 0) is 34.3 Å². The van der Waals surface area contributed by atoms with Gasteiger partial charge in [0.05, 0.1) is 32.3 Å². The fourth-order valence-corrected chi connectivity index (χ4v) is 3.65. The van der Waals surface area contributed by atoms with Crippen molar-refractivity contribution in [3.05, 3.63) is 42.0 Å². The van der Waals surface area contributed by atoms with Crippen LogP contribution >= 0.6 is 0 Å². The van der Waals surface area contributed by atoms with Crippen LogP contribution in [0.2, 0.25) is 0 Å². The molecule has 158 valence electrons. The van der Waals surface area contributed by atoms with Gasteiger partial charge in [0, 0.05) is 0 Å². The number of aliphatic hydroxyl groups is 1. The van der Waals surface area contributed by atoms with E-state index in [0.29, 0.717) is 11.3 Å². The molecular weight excluding hydrogens is 400 g/mol. The normalized spacial score (nSPS) is 13.5. The highest BCUT2D eigenvalue weighted by Crippen LogP contribution is 2.31. The molecule has 2 aromatic carbocycles. The third-order valence-corrected chi connectivity index (χ3v) is 6.25. The summed E-state index contributed by atoms with van der Waals surface area (Å²) in [5, 5.41) is 10.4. The van der Waals surface area contributed by atoms with Crippen molar-refractivity contribution >= 4 is 32.5 Å². The fourth-order valence-electron chi connectivity index (χ4n) is 2.83. The van der Waals surface area contributed by atoms with E-state index in [4.69, 9.17) is 19.3 Å². The summed E-state index contributed by atoms with van der Waals surface area (Å²) in [4.78, 5) is 25.2. The van der Waals surface area contributed by atoms with Gasteiger partial charge < -0.3 is 19.3 Å². The van der Waals surface area contributed by atoms with Crippen molar-refractivity contribution in [3.8, 4) is 5.75 Å². The van der Waals surface area contributed by atoms with Gasteiger partial charge in [-0.2, -0.15) is 0 Å². The third-order valence-electron chi connectivity index (χ3n) is 4.66. The molecule has 0 radical (unpaired) electrons. The zero-order chi connectivity index (χ0) is 21.7. The van der Waals surface area contributed by atoms with Gasteiger partial charge in [0.25, 0.3) is 0 Å². The van der Waals surface area contributed by atoms with Crippen LogP contribution in [0.4, 0.5) is 0 Å². The van der Waals surface area contributed by atoms with Gasteiger partial charge in [-0.3, -0.25) is 9.59 Å². The summed E-state index contributed by atoms with van der Waals surface area (Å²) in [6.45, 7) is 0.421. The second kappa shape index (κ2) is 9.23. The largest absolute Gasteiger partial charge is 0.497 e. The lowest BCUT2D eigenvalue weighted by Crippen LogP contribution is -2.43. The molecule has 1 atom stereocenters. The molecule has 0 amide bonds. The van der Waals surface area contributed by atoms with E-state index in [-0.39, 0.29) is 0 Å². The number of ether oxygens (including phenoxy) is 3. The number of sulfone groups is 1. The Labute approximate surface area is 169 Å². The maximum Gasteiger partial charge on any atom is 0.327 e. The summed E-state index contributed by atoms with van der Waals surface area (Å²) in [5.41, 5.74) is -1.42. The zero-order valence-electron chi connectivity index (χ0n) is 16.5. The van der Waals surface area contributed by atoms with Crippen LogP contribution in [0.15, 0.2) is 36.4 Å². The minimum Gasteiger partial charge on any atom is -0.497 e. The summed E-state index contributed by atoms with van der Waals surface area (Å²) in [6.07, 6.45) is 0. The Balaban J connectivity index is 2.32. The summed E-state index contributed by atoms with van der Waals surface area (Å²) < 4.78 is 38.4. The van der Waals surface area contributed by atoms with Crippen molar-refractivity contribution in [3.63, 3.8) is 0 Å². The van der Waals surface area contributed by atoms with Gasteiger partial charge in [-0.1, -0.05) is 18.2 Å². The SMILES string of the molecule is COC(=O)C(C)(C(=O)OCCS(=O)(=O)CCO)c1ccc2cc(OC)ccc2c1. The van der Waals surface area contributed by atoms with E-state index >= 15 is 0 Å². The predicted molar refractivity (Wildman–Crippen MR) is 107 cm³/mol. The van der Waals surface area contributed by atoms with Crippen molar-refractivity contribution in [1.29, 1.82) is 0 Å². The van der Waals surface area contributed by atoms with E-state index in [1.807, 2.05) is 6.07 Å².